The van der Waals surface area contributed by atoms with Gasteiger partial charge in [0.15, 0.2) is 0 Å². The number of anilines is 1. The number of nitrogens with one attached hydrogen (secondary N) is 2. The number of carbonyl (C=O) groups is 1. The van der Waals surface area contributed by atoms with E-state index >= 15 is 0 Å². The topological polar surface area (TPSA) is 41.1 Å². The molecule has 1 amide bonds. The zero-order valence-corrected chi connectivity index (χ0v) is 13.1. The second kappa shape index (κ2) is 7.04. The highest BCUT2D eigenvalue weighted by Crippen LogP contribution is 2.32. The highest BCUT2D eigenvalue weighted by atomic mass is 35.5. The van der Waals surface area contributed by atoms with Crippen molar-refractivity contribution in [1.29, 1.82) is 0 Å². The van der Waals surface area contributed by atoms with Crippen LogP contribution in [-0.4, -0.2) is 30.5 Å². The van der Waals surface area contributed by atoms with Gasteiger partial charge >= 0.3 is 0 Å². The van der Waals surface area contributed by atoms with Gasteiger partial charge in [-0.15, -0.1) is 0 Å². The van der Waals surface area contributed by atoms with Crippen molar-refractivity contribution in [3.63, 3.8) is 0 Å². The lowest BCUT2D eigenvalue weighted by Gasteiger charge is -2.26. The summed E-state index contributed by atoms with van der Waals surface area (Å²) in [7, 11) is 0. The number of thioether (sulfide) groups is 1. The fraction of sp³-hybridized carbons (Fsp3) is 0.417. The predicted molar refractivity (Wildman–Crippen MR) is 83.8 cm³/mol. The molecule has 104 valence electrons. The van der Waals surface area contributed by atoms with Crippen LogP contribution in [0.4, 0.5) is 5.69 Å². The minimum absolute atomic E-state index is 0.0856. The molecule has 1 aliphatic heterocycles. The quantitative estimate of drug-likeness (QED) is 0.806. The van der Waals surface area contributed by atoms with Crippen molar-refractivity contribution in [3.05, 3.63) is 27.2 Å². The van der Waals surface area contributed by atoms with Crippen molar-refractivity contribution in [1.82, 2.24) is 5.32 Å². The highest BCUT2D eigenvalue weighted by molar-refractivity contribution is 7.99. The number of benzene rings is 1. The van der Waals surface area contributed by atoms with Crippen LogP contribution in [0.25, 0.3) is 0 Å². The number of hydrogen-bond donors (Lipinski definition) is 2. The zero-order valence-electron chi connectivity index (χ0n) is 10.0. The van der Waals surface area contributed by atoms with Crippen molar-refractivity contribution in [3.8, 4) is 0 Å². The summed E-state index contributed by atoms with van der Waals surface area (Å²) >= 11 is 19.3. The fourth-order valence-electron chi connectivity index (χ4n) is 1.59. The van der Waals surface area contributed by atoms with E-state index in [9.17, 15) is 4.79 Å². The lowest BCUT2D eigenvalue weighted by atomic mass is 10.1. The highest BCUT2D eigenvalue weighted by Gasteiger charge is 2.17. The van der Waals surface area contributed by atoms with E-state index in [1.165, 1.54) is 6.07 Å². The van der Waals surface area contributed by atoms with Gasteiger partial charge in [-0.2, -0.15) is 11.8 Å². The summed E-state index contributed by atoms with van der Waals surface area (Å²) < 4.78 is 0. The van der Waals surface area contributed by atoms with E-state index in [0.717, 1.165) is 18.8 Å². The molecule has 0 unspecified atom stereocenters. The first-order valence-electron chi connectivity index (χ1n) is 5.79. The summed E-state index contributed by atoms with van der Waals surface area (Å²) in [5, 5.41) is 7.06. The molecule has 1 heterocycles. The third-order valence-corrected chi connectivity index (χ3v) is 4.95. The van der Waals surface area contributed by atoms with Gasteiger partial charge in [0, 0.05) is 0 Å². The average Bonchev–Trinajstić information content (AvgIpc) is 2.29. The first-order valence-corrected chi connectivity index (χ1v) is 8.08. The monoisotopic (exact) mass is 338 g/mol. The molecule has 1 aromatic rings. The van der Waals surface area contributed by atoms with Crippen molar-refractivity contribution < 1.29 is 4.79 Å². The minimum atomic E-state index is -0.0856. The van der Waals surface area contributed by atoms with Crippen LogP contribution in [0.5, 0.6) is 0 Å². The van der Waals surface area contributed by atoms with Crippen LogP contribution >= 0.6 is 46.6 Å². The van der Waals surface area contributed by atoms with E-state index in [0.29, 0.717) is 32.4 Å². The molecular formula is C12H13Cl3N2OS. The number of rotatable bonds is 5. The lowest BCUT2D eigenvalue weighted by molar-refractivity contribution is -0.113. The van der Waals surface area contributed by atoms with Crippen LogP contribution in [0, 0.1) is 5.92 Å². The van der Waals surface area contributed by atoms with E-state index in [2.05, 4.69) is 10.6 Å². The number of amides is 1. The molecule has 3 nitrogen and oxygen atoms in total. The second-order valence-corrected chi connectivity index (χ2v) is 6.59. The molecule has 0 bridgehead atoms. The van der Waals surface area contributed by atoms with E-state index < -0.39 is 0 Å². The maximum atomic E-state index is 11.8. The fourth-order valence-corrected chi connectivity index (χ4v) is 3.13. The molecule has 0 atom stereocenters. The SMILES string of the molecule is O=C(CSCC1CNC1)Nc1cc(Cl)c(Cl)cc1Cl. The lowest BCUT2D eigenvalue weighted by Crippen LogP contribution is -2.43. The Kier molecular flexibility index (Phi) is 5.66. The van der Waals surface area contributed by atoms with Gasteiger partial charge in [-0.05, 0) is 36.9 Å². The molecule has 0 spiro atoms. The van der Waals surface area contributed by atoms with Crippen molar-refractivity contribution in [2.24, 2.45) is 5.92 Å². The average molecular weight is 340 g/mol. The third kappa shape index (κ3) is 4.43. The Hall–Kier alpha value is -0.130. The van der Waals surface area contributed by atoms with Gasteiger partial charge in [0.1, 0.15) is 0 Å². The first-order chi connectivity index (χ1) is 9.06. The molecule has 1 aromatic carbocycles. The summed E-state index contributed by atoms with van der Waals surface area (Å²) in [6.07, 6.45) is 0. The number of hydrogen-bond acceptors (Lipinski definition) is 3. The van der Waals surface area contributed by atoms with Crippen LogP contribution in [0.1, 0.15) is 0 Å². The van der Waals surface area contributed by atoms with Gasteiger partial charge in [-0.1, -0.05) is 34.8 Å². The Bertz CT molecular complexity index is 480. The first kappa shape index (κ1) is 15.3. The summed E-state index contributed by atoms with van der Waals surface area (Å²) in [6.45, 7) is 2.10. The summed E-state index contributed by atoms with van der Waals surface area (Å²) in [6, 6.07) is 3.08. The van der Waals surface area contributed by atoms with Crippen molar-refractivity contribution >= 4 is 58.2 Å². The van der Waals surface area contributed by atoms with Gasteiger partial charge in [0.25, 0.3) is 0 Å². The minimum Gasteiger partial charge on any atom is -0.324 e. The Labute approximate surface area is 131 Å². The van der Waals surface area contributed by atoms with Crippen molar-refractivity contribution in [2.45, 2.75) is 0 Å². The second-order valence-electron chi connectivity index (χ2n) is 4.33. The van der Waals surface area contributed by atoms with Gasteiger partial charge in [-0.3, -0.25) is 4.79 Å². The van der Waals surface area contributed by atoms with Crippen LogP contribution in [-0.2, 0) is 4.79 Å². The summed E-state index contributed by atoms with van der Waals surface area (Å²) in [4.78, 5) is 11.8. The molecule has 2 rings (SSSR count). The van der Waals surface area contributed by atoms with Gasteiger partial charge in [0.05, 0.1) is 26.5 Å². The Morgan fingerprint density at radius 3 is 2.58 bits per heavy atom. The molecule has 0 saturated carbocycles. The van der Waals surface area contributed by atoms with Crippen LogP contribution < -0.4 is 10.6 Å². The van der Waals surface area contributed by atoms with E-state index in [1.54, 1.807) is 17.8 Å². The largest absolute Gasteiger partial charge is 0.324 e. The van der Waals surface area contributed by atoms with E-state index in [1.807, 2.05) is 0 Å². The van der Waals surface area contributed by atoms with Crippen LogP contribution in [0.15, 0.2) is 12.1 Å². The Morgan fingerprint density at radius 2 is 1.95 bits per heavy atom. The van der Waals surface area contributed by atoms with Gasteiger partial charge < -0.3 is 10.6 Å². The summed E-state index contributed by atoms with van der Waals surface area (Å²) in [5.41, 5.74) is 0.493. The number of carbonyl (C=O) groups excluding carboxylic acids is 1. The van der Waals surface area contributed by atoms with Crippen LogP contribution in [0.2, 0.25) is 15.1 Å². The number of halogens is 3. The molecule has 2 N–H and O–H groups in total. The smallest absolute Gasteiger partial charge is 0.234 e. The van der Waals surface area contributed by atoms with Crippen molar-refractivity contribution in [2.75, 3.05) is 29.9 Å². The van der Waals surface area contributed by atoms with Crippen LogP contribution in [0.3, 0.4) is 0 Å². The van der Waals surface area contributed by atoms with Gasteiger partial charge in [-0.25, -0.2) is 0 Å². The summed E-state index contributed by atoms with van der Waals surface area (Å²) in [5.74, 6) is 2.01. The maximum Gasteiger partial charge on any atom is 0.234 e. The molecular weight excluding hydrogens is 327 g/mol. The Balaban J connectivity index is 1.82. The van der Waals surface area contributed by atoms with E-state index in [4.69, 9.17) is 34.8 Å². The molecule has 19 heavy (non-hydrogen) atoms. The third-order valence-electron chi connectivity index (χ3n) is 2.74. The maximum absolute atomic E-state index is 11.8. The molecule has 7 heteroatoms. The molecule has 0 radical (unpaired) electrons. The standard InChI is InChI=1S/C12H13Cl3N2OS/c13-8-1-10(15)11(2-9(8)14)17-12(18)6-19-5-7-3-16-4-7/h1-2,7,16H,3-6H2,(H,17,18). The molecule has 1 fully saturated rings. The van der Waals surface area contributed by atoms with Gasteiger partial charge in [0.2, 0.25) is 5.91 Å². The normalized spacial score (nSPS) is 15.1. The van der Waals surface area contributed by atoms with E-state index in [-0.39, 0.29) is 5.91 Å². The Morgan fingerprint density at radius 1 is 1.26 bits per heavy atom. The molecule has 0 aliphatic carbocycles. The zero-order chi connectivity index (χ0) is 13.8. The molecule has 1 saturated heterocycles. The molecule has 1 aliphatic rings. The predicted octanol–water partition coefficient (Wildman–Crippen LogP) is 3.54. The molecule has 0 aromatic heterocycles.